The van der Waals surface area contributed by atoms with Crippen molar-refractivity contribution in [1.29, 1.82) is 0 Å². The number of nitrogens with one attached hydrogen (secondary N) is 1. The molecule has 0 radical (unpaired) electrons. The van der Waals surface area contributed by atoms with E-state index in [1.807, 2.05) is 42.5 Å². The van der Waals surface area contributed by atoms with Crippen molar-refractivity contribution in [3.63, 3.8) is 0 Å². The number of carbonyl (C=O) groups excluding carboxylic acids is 2. The van der Waals surface area contributed by atoms with Crippen molar-refractivity contribution in [3.8, 4) is 0 Å². The highest BCUT2D eigenvalue weighted by Gasteiger charge is 2.33. The van der Waals surface area contributed by atoms with E-state index in [1.165, 1.54) is 11.8 Å². The number of benzene rings is 3. The highest BCUT2D eigenvalue weighted by atomic mass is 35.5. The monoisotopic (exact) mass is 574 g/mol. The minimum atomic E-state index is -0.714. The number of nitrogens with zero attached hydrogens (tertiary/aromatic N) is 1. The first-order valence-electron chi connectivity index (χ1n) is 12.4. The number of halogens is 3. The van der Waals surface area contributed by atoms with E-state index in [1.54, 1.807) is 35.2 Å². The van der Waals surface area contributed by atoms with Crippen LogP contribution in [-0.2, 0) is 22.6 Å². The second-order valence-corrected chi connectivity index (χ2v) is 11.5. The van der Waals surface area contributed by atoms with Crippen LogP contribution in [0.15, 0.2) is 77.7 Å². The number of rotatable bonds is 10. The lowest BCUT2D eigenvalue weighted by atomic mass is 10.0. The Labute approximate surface area is 237 Å². The molecule has 0 aliphatic heterocycles. The molecule has 1 N–H and O–H groups in total. The molecule has 0 saturated heterocycles. The molecule has 2 amide bonds. The van der Waals surface area contributed by atoms with Gasteiger partial charge in [-0.25, -0.2) is 0 Å². The zero-order chi connectivity index (χ0) is 26.2. The van der Waals surface area contributed by atoms with Gasteiger partial charge in [0.15, 0.2) is 0 Å². The molecule has 0 spiro atoms. The van der Waals surface area contributed by atoms with Crippen LogP contribution in [0.2, 0.25) is 15.1 Å². The van der Waals surface area contributed by atoms with E-state index >= 15 is 0 Å². The van der Waals surface area contributed by atoms with Crippen molar-refractivity contribution < 1.29 is 9.59 Å². The number of thioether (sulfide) groups is 1. The quantitative estimate of drug-likeness (QED) is 0.256. The summed E-state index contributed by atoms with van der Waals surface area (Å²) < 4.78 is 0. The summed E-state index contributed by atoms with van der Waals surface area (Å²) >= 11 is 20.4. The van der Waals surface area contributed by atoms with Crippen molar-refractivity contribution in [2.75, 3.05) is 5.75 Å². The topological polar surface area (TPSA) is 49.4 Å². The summed E-state index contributed by atoms with van der Waals surface area (Å²) in [6.07, 6.45) is 4.51. The maximum Gasteiger partial charge on any atom is 0.243 e. The Morgan fingerprint density at radius 3 is 2.19 bits per heavy atom. The van der Waals surface area contributed by atoms with Gasteiger partial charge in [0.1, 0.15) is 6.04 Å². The number of hydrogen-bond acceptors (Lipinski definition) is 3. The molecule has 3 aromatic carbocycles. The van der Waals surface area contributed by atoms with E-state index in [4.69, 9.17) is 34.8 Å². The molecule has 4 nitrogen and oxygen atoms in total. The minimum absolute atomic E-state index is 0.133. The van der Waals surface area contributed by atoms with Crippen LogP contribution in [0.1, 0.15) is 36.8 Å². The predicted octanol–water partition coefficient (Wildman–Crippen LogP) is 7.44. The van der Waals surface area contributed by atoms with Gasteiger partial charge in [-0.05, 0) is 54.8 Å². The summed E-state index contributed by atoms with van der Waals surface area (Å²) in [6, 6.07) is 21.8. The van der Waals surface area contributed by atoms with Crippen LogP contribution < -0.4 is 5.32 Å². The first kappa shape index (κ1) is 27.8. The SMILES string of the molecule is O=C(NC1CCCC1)C(Cc1ccccc1)N(Cc1c(Cl)cccc1Cl)C(=O)CSc1ccc(Cl)cc1. The maximum atomic E-state index is 13.8. The summed E-state index contributed by atoms with van der Waals surface area (Å²) in [7, 11) is 0. The molecule has 0 heterocycles. The third-order valence-corrected chi connectivity index (χ3v) is 8.50. The van der Waals surface area contributed by atoms with Crippen molar-refractivity contribution in [2.24, 2.45) is 0 Å². The fourth-order valence-corrected chi connectivity index (χ4v) is 5.96. The average molecular weight is 576 g/mol. The van der Waals surface area contributed by atoms with Crippen molar-refractivity contribution in [3.05, 3.63) is 99.0 Å². The Bertz CT molecular complexity index is 1180. The van der Waals surface area contributed by atoms with Gasteiger partial charge in [-0.1, -0.05) is 84.0 Å². The van der Waals surface area contributed by atoms with Crippen LogP contribution in [0.4, 0.5) is 0 Å². The highest BCUT2D eigenvalue weighted by Crippen LogP contribution is 2.29. The molecule has 8 heteroatoms. The molecule has 3 aromatic rings. The fraction of sp³-hybridized carbons (Fsp3) is 0.310. The maximum absolute atomic E-state index is 13.8. The van der Waals surface area contributed by atoms with E-state index in [0.29, 0.717) is 27.1 Å². The summed E-state index contributed by atoms with van der Waals surface area (Å²) in [4.78, 5) is 30.1. The molecule has 1 unspecified atom stereocenters. The summed E-state index contributed by atoms with van der Waals surface area (Å²) in [6.45, 7) is 0.133. The van der Waals surface area contributed by atoms with Gasteiger partial charge in [0.2, 0.25) is 11.8 Å². The van der Waals surface area contributed by atoms with Gasteiger partial charge in [0.25, 0.3) is 0 Å². The Morgan fingerprint density at radius 1 is 0.892 bits per heavy atom. The van der Waals surface area contributed by atoms with Gasteiger partial charge >= 0.3 is 0 Å². The molecule has 1 saturated carbocycles. The summed E-state index contributed by atoms with van der Waals surface area (Å²) in [5, 5.41) is 4.77. The van der Waals surface area contributed by atoms with Gasteiger partial charge in [0, 0.05) is 44.5 Å². The molecule has 1 fully saturated rings. The molecule has 37 heavy (non-hydrogen) atoms. The molecule has 1 aliphatic carbocycles. The third-order valence-electron chi connectivity index (χ3n) is 6.54. The van der Waals surface area contributed by atoms with E-state index in [0.717, 1.165) is 36.1 Å². The van der Waals surface area contributed by atoms with E-state index in [2.05, 4.69) is 5.32 Å². The van der Waals surface area contributed by atoms with Crippen LogP contribution >= 0.6 is 46.6 Å². The minimum Gasteiger partial charge on any atom is -0.352 e. The zero-order valence-electron chi connectivity index (χ0n) is 20.3. The second kappa shape index (κ2) is 13.6. The van der Waals surface area contributed by atoms with Crippen LogP contribution in [0.5, 0.6) is 0 Å². The molecular formula is C29H29Cl3N2O2S. The van der Waals surface area contributed by atoms with Gasteiger partial charge < -0.3 is 10.2 Å². The molecular weight excluding hydrogens is 547 g/mol. The Hall–Kier alpha value is -2.18. The summed E-state index contributed by atoms with van der Waals surface area (Å²) in [5.74, 6) is -0.159. The van der Waals surface area contributed by atoms with Gasteiger partial charge in [-0.3, -0.25) is 9.59 Å². The van der Waals surface area contributed by atoms with Crippen molar-refractivity contribution >= 4 is 58.4 Å². The Morgan fingerprint density at radius 2 is 1.54 bits per heavy atom. The van der Waals surface area contributed by atoms with Gasteiger partial charge in [-0.15, -0.1) is 11.8 Å². The lowest BCUT2D eigenvalue weighted by Gasteiger charge is -2.33. The standard InChI is InChI=1S/C29H29Cl3N2O2S/c30-21-13-15-23(16-14-21)37-19-28(35)34(18-24-25(31)11-6-12-26(24)32)27(17-20-7-2-1-3-8-20)29(36)33-22-9-4-5-10-22/h1-3,6-8,11-16,22,27H,4-5,9-10,17-19H2,(H,33,36). The van der Waals surface area contributed by atoms with Crippen LogP contribution in [-0.4, -0.2) is 34.6 Å². The first-order valence-corrected chi connectivity index (χ1v) is 14.5. The first-order chi connectivity index (χ1) is 17.9. The number of amides is 2. The van der Waals surface area contributed by atoms with E-state index < -0.39 is 6.04 Å². The van der Waals surface area contributed by atoms with Gasteiger partial charge in [0.05, 0.1) is 5.75 Å². The third kappa shape index (κ3) is 7.90. The van der Waals surface area contributed by atoms with Crippen LogP contribution in [0, 0.1) is 0 Å². The highest BCUT2D eigenvalue weighted by molar-refractivity contribution is 8.00. The van der Waals surface area contributed by atoms with Gasteiger partial charge in [-0.2, -0.15) is 0 Å². The smallest absolute Gasteiger partial charge is 0.243 e. The van der Waals surface area contributed by atoms with Crippen LogP contribution in [0.3, 0.4) is 0 Å². The second-order valence-electron chi connectivity index (χ2n) is 9.16. The average Bonchev–Trinajstić information content (AvgIpc) is 3.40. The number of hydrogen-bond donors (Lipinski definition) is 1. The predicted molar refractivity (Wildman–Crippen MR) is 154 cm³/mol. The summed E-state index contributed by atoms with van der Waals surface area (Å²) in [5.41, 5.74) is 1.60. The number of carbonyl (C=O) groups is 2. The molecule has 194 valence electrons. The van der Waals surface area contributed by atoms with Crippen molar-refractivity contribution in [2.45, 2.75) is 55.6 Å². The largest absolute Gasteiger partial charge is 0.352 e. The van der Waals surface area contributed by atoms with E-state index in [-0.39, 0.29) is 30.2 Å². The molecule has 4 rings (SSSR count). The van der Waals surface area contributed by atoms with Crippen LogP contribution in [0.25, 0.3) is 0 Å². The normalized spacial score (nSPS) is 14.4. The lowest BCUT2D eigenvalue weighted by Crippen LogP contribution is -2.52. The Balaban J connectivity index is 1.64. The molecule has 1 aliphatic rings. The lowest BCUT2D eigenvalue weighted by molar-refractivity contribution is -0.139. The zero-order valence-corrected chi connectivity index (χ0v) is 23.4. The molecule has 0 aromatic heterocycles. The molecule has 1 atom stereocenters. The Kier molecular flexibility index (Phi) is 10.2. The van der Waals surface area contributed by atoms with Crippen molar-refractivity contribution in [1.82, 2.24) is 10.2 Å². The molecule has 0 bridgehead atoms. The fourth-order valence-electron chi connectivity index (χ4n) is 4.53. The van der Waals surface area contributed by atoms with E-state index in [9.17, 15) is 9.59 Å².